The van der Waals surface area contributed by atoms with Crippen LogP contribution in [0.25, 0.3) is 5.69 Å². The molecule has 134 valence electrons. The summed E-state index contributed by atoms with van der Waals surface area (Å²) in [7, 11) is 0. The monoisotopic (exact) mass is 401 g/mol. The molecule has 0 spiro atoms. The van der Waals surface area contributed by atoms with Gasteiger partial charge in [0.25, 0.3) is 0 Å². The van der Waals surface area contributed by atoms with Crippen LogP contribution in [-0.2, 0) is 10.2 Å². The van der Waals surface area contributed by atoms with Crippen molar-refractivity contribution < 1.29 is 9.53 Å². The van der Waals surface area contributed by atoms with Crippen molar-refractivity contribution in [1.82, 2.24) is 9.78 Å². The van der Waals surface area contributed by atoms with Crippen LogP contribution in [0.15, 0.2) is 30.3 Å². The number of amides is 1. The predicted molar refractivity (Wildman–Crippen MR) is 100 cm³/mol. The van der Waals surface area contributed by atoms with Gasteiger partial charge in [-0.15, -0.1) is 0 Å². The zero-order chi connectivity index (χ0) is 18.2. The van der Waals surface area contributed by atoms with E-state index in [1.165, 1.54) is 0 Å². The highest BCUT2D eigenvalue weighted by atomic mass is 35.6. The highest BCUT2D eigenvalue weighted by Gasteiger charge is 2.42. The van der Waals surface area contributed by atoms with Crippen molar-refractivity contribution >= 4 is 46.7 Å². The van der Waals surface area contributed by atoms with Crippen molar-refractivity contribution in [3.63, 3.8) is 0 Å². The first kappa shape index (κ1) is 18.4. The maximum absolute atomic E-state index is 12.0. The quantitative estimate of drug-likeness (QED) is 0.719. The number of ether oxygens (including phenoxy) is 1. The summed E-state index contributed by atoms with van der Waals surface area (Å²) in [6.45, 7) is 3.82. The summed E-state index contributed by atoms with van der Waals surface area (Å²) in [4.78, 5) is 12.0. The maximum atomic E-state index is 12.0. The normalized spacial score (nSPS) is 15.7. The molecule has 1 aromatic heterocycles. The van der Waals surface area contributed by atoms with Crippen molar-refractivity contribution in [1.29, 1.82) is 0 Å². The molecule has 1 fully saturated rings. The number of rotatable bonds is 4. The van der Waals surface area contributed by atoms with E-state index in [0.717, 1.165) is 29.8 Å². The summed E-state index contributed by atoms with van der Waals surface area (Å²) >= 11 is 16.8. The van der Waals surface area contributed by atoms with E-state index in [2.05, 4.69) is 17.3 Å². The molecule has 0 bridgehead atoms. The molecule has 1 amide bonds. The fourth-order valence-electron chi connectivity index (χ4n) is 2.38. The van der Waals surface area contributed by atoms with Crippen LogP contribution in [0.4, 0.5) is 10.6 Å². The van der Waals surface area contributed by atoms with Crippen LogP contribution in [0.5, 0.6) is 0 Å². The number of hydrogen-bond acceptors (Lipinski definition) is 3. The molecule has 1 aliphatic carbocycles. The lowest BCUT2D eigenvalue weighted by atomic mass is 10.1. The van der Waals surface area contributed by atoms with Crippen LogP contribution < -0.4 is 5.32 Å². The Labute approximate surface area is 161 Å². The molecule has 25 heavy (non-hydrogen) atoms. The number of aromatic nitrogens is 2. The SMILES string of the molecule is Cc1ccc(-n2nc(C3(C)CC3)cc2NC(=O)OCC(Cl)(Cl)Cl)cc1. The van der Waals surface area contributed by atoms with Crippen molar-refractivity contribution in [3.8, 4) is 5.69 Å². The summed E-state index contributed by atoms with van der Waals surface area (Å²) in [5.74, 6) is 0.515. The van der Waals surface area contributed by atoms with E-state index in [1.54, 1.807) is 4.68 Å². The summed E-state index contributed by atoms with van der Waals surface area (Å²) < 4.78 is 4.98. The van der Waals surface area contributed by atoms with Gasteiger partial charge in [0.2, 0.25) is 3.79 Å². The van der Waals surface area contributed by atoms with Gasteiger partial charge in [-0.2, -0.15) is 5.10 Å². The molecule has 0 aliphatic heterocycles. The van der Waals surface area contributed by atoms with Crippen LogP contribution in [0.2, 0.25) is 0 Å². The Kier molecular flexibility index (Phi) is 4.93. The van der Waals surface area contributed by atoms with Crippen molar-refractivity contribution in [2.45, 2.75) is 35.9 Å². The van der Waals surface area contributed by atoms with Gasteiger partial charge in [0, 0.05) is 11.5 Å². The van der Waals surface area contributed by atoms with Crippen LogP contribution in [0, 0.1) is 6.92 Å². The molecule has 0 atom stereocenters. The fourth-order valence-corrected chi connectivity index (χ4v) is 2.54. The lowest BCUT2D eigenvalue weighted by Crippen LogP contribution is -2.22. The molecule has 1 saturated carbocycles. The van der Waals surface area contributed by atoms with Gasteiger partial charge in [0.1, 0.15) is 12.4 Å². The number of aryl methyl sites for hydroxylation is 1. The van der Waals surface area contributed by atoms with E-state index >= 15 is 0 Å². The number of halogens is 3. The Morgan fingerprint density at radius 2 is 1.96 bits per heavy atom. The molecule has 0 radical (unpaired) electrons. The van der Waals surface area contributed by atoms with E-state index < -0.39 is 9.89 Å². The summed E-state index contributed by atoms with van der Waals surface area (Å²) in [6, 6.07) is 9.72. The van der Waals surface area contributed by atoms with E-state index in [9.17, 15) is 4.79 Å². The summed E-state index contributed by atoms with van der Waals surface area (Å²) in [6.07, 6.45) is 1.46. The fraction of sp³-hybridized carbons (Fsp3) is 0.412. The minimum atomic E-state index is -1.65. The number of hydrogen-bond donors (Lipinski definition) is 1. The third-order valence-corrected chi connectivity index (χ3v) is 4.53. The Bertz CT molecular complexity index is 777. The molecule has 1 N–H and O–H groups in total. The minimum absolute atomic E-state index is 0.0633. The minimum Gasteiger partial charge on any atom is -0.445 e. The number of nitrogens with zero attached hydrogens (tertiary/aromatic N) is 2. The molecule has 1 aliphatic rings. The number of nitrogens with one attached hydrogen (secondary N) is 1. The highest BCUT2D eigenvalue weighted by Crippen LogP contribution is 2.47. The maximum Gasteiger partial charge on any atom is 0.412 e. The van der Waals surface area contributed by atoms with E-state index in [0.29, 0.717) is 5.82 Å². The Hall–Kier alpha value is -1.43. The molecular weight excluding hydrogens is 385 g/mol. The van der Waals surface area contributed by atoms with Crippen molar-refractivity contribution in [2.75, 3.05) is 11.9 Å². The van der Waals surface area contributed by atoms with E-state index in [4.69, 9.17) is 39.5 Å². The lowest BCUT2D eigenvalue weighted by molar-refractivity contribution is 0.163. The molecule has 0 saturated heterocycles. The number of anilines is 1. The standard InChI is InChI=1S/C17H18Cl3N3O2/c1-11-3-5-12(6-4-11)23-14(9-13(22-23)16(2)7-8-16)21-15(24)25-10-17(18,19)20/h3-6,9H,7-8,10H2,1-2H3,(H,21,24). The van der Waals surface area contributed by atoms with Crippen LogP contribution in [0.3, 0.4) is 0 Å². The third-order valence-electron chi connectivity index (χ3n) is 4.20. The van der Waals surface area contributed by atoms with Crippen molar-refractivity contribution in [3.05, 3.63) is 41.6 Å². The van der Waals surface area contributed by atoms with Crippen LogP contribution in [-0.4, -0.2) is 26.3 Å². The zero-order valence-corrected chi connectivity index (χ0v) is 16.1. The Balaban J connectivity index is 1.85. The van der Waals surface area contributed by atoms with Crippen LogP contribution >= 0.6 is 34.8 Å². The topological polar surface area (TPSA) is 56.2 Å². The summed E-state index contributed by atoms with van der Waals surface area (Å²) in [5, 5.41) is 7.35. The molecular formula is C17H18Cl3N3O2. The number of alkyl halides is 3. The molecule has 2 aromatic rings. The first-order chi connectivity index (χ1) is 11.7. The van der Waals surface area contributed by atoms with Crippen LogP contribution in [0.1, 0.15) is 31.0 Å². The van der Waals surface area contributed by atoms with Gasteiger partial charge in [-0.1, -0.05) is 59.4 Å². The van der Waals surface area contributed by atoms with Gasteiger partial charge in [0.05, 0.1) is 11.4 Å². The molecule has 3 rings (SSSR count). The van der Waals surface area contributed by atoms with Gasteiger partial charge < -0.3 is 4.74 Å². The number of carbonyl (C=O) groups is 1. The zero-order valence-electron chi connectivity index (χ0n) is 13.9. The van der Waals surface area contributed by atoms with E-state index in [-0.39, 0.29) is 12.0 Å². The number of carbonyl (C=O) groups excluding carboxylic acids is 1. The molecule has 1 aromatic carbocycles. The van der Waals surface area contributed by atoms with Gasteiger partial charge >= 0.3 is 6.09 Å². The lowest BCUT2D eigenvalue weighted by Gasteiger charge is -2.13. The van der Waals surface area contributed by atoms with Gasteiger partial charge in [-0.05, 0) is 31.9 Å². The second-order valence-electron chi connectivity index (χ2n) is 6.54. The second kappa shape index (κ2) is 6.71. The number of benzene rings is 1. The molecule has 0 unspecified atom stereocenters. The molecule has 5 nitrogen and oxygen atoms in total. The summed E-state index contributed by atoms with van der Waals surface area (Å²) in [5.41, 5.74) is 2.98. The predicted octanol–water partition coefficient (Wildman–Crippen LogP) is 5.15. The van der Waals surface area contributed by atoms with Gasteiger partial charge in [0.15, 0.2) is 0 Å². The Morgan fingerprint density at radius 3 is 2.52 bits per heavy atom. The van der Waals surface area contributed by atoms with Crippen molar-refractivity contribution in [2.24, 2.45) is 0 Å². The smallest absolute Gasteiger partial charge is 0.412 e. The molecule has 8 heteroatoms. The first-order valence-corrected chi connectivity index (χ1v) is 8.98. The third kappa shape index (κ3) is 4.60. The molecule has 1 heterocycles. The van der Waals surface area contributed by atoms with E-state index in [1.807, 2.05) is 37.3 Å². The Morgan fingerprint density at radius 1 is 1.32 bits per heavy atom. The average Bonchev–Trinajstić information content (AvgIpc) is 3.14. The second-order valence-corrected chi connectivity index (χ2v) is 9.06. The average molecular weight is 403 g/mol. The largest absolute Gasteiger partial charge is 0.445 e. The first-order valence-electron chi connectivity index (χ1n) is 7.84. The highest BCUT2D eigenvalue weighted by molar-refractivity contribution is 6.67. The van der Waals surface area contributed by atoms with Gasteiger partial charge in [-0.3, -0.25) is 5.32 Å². The van der Waals surface area contributed by atoms with Gasteiger partial charge in [-0.25, -0.2) is 9.48 Å².